The highest BCUT2D eigenvalue weighted by atomic mass is 16.3. The SMILES string of the molecule is c1ccc(-c2nc(-c3cccc4oc5ccc(-c6ccc7oc8ccccc8c7c6)cc5c34)nc(-c3cccc4oc5ccc(-c6ccc7c(c6)c6ccccc6n7-c6ccccc6)cc5c34)n2)cc1. The number of aromatic nitrogens is 4. The Labute approximate surface area is 399 Å². The summed E-state index contributed by atoms with van der Waals surface area (Å²) in [6, 6.07) is 75.7. The first kappa shape index (κ1) is 38.5. The highest BCUT2D eigenvalue weighted by Gasteiger charge is 2.22. The summed E-state index contributed by atoms with van der Waals surface area (Å²) in [7, 11) is 0. The molecule has 70 heavy (non-hydrogen) atoms. The van der Waals surface area contributed by atoms with Gasteiger partial charge in [0.25, 0.3) is 0 Å². The minimum Gasteiger partial charge on any atom is -0.456 e. The maximum Gasteiger partial charge on any atom is 0.164 e. The van der Waals surface area contributed by atoms with E-state index in [1.807, 2.05) is 72.8 Å². The zero-order valence-electron chi connectivity index (χ0n) is 37.3. The molecule has 0 aliphatic heterocycles. The summed E-state index contributed by atoms with van der Waals surface area (Å²) in [5.41, 5.74) is 15.2. The summed E-state index contributed by atoms with van der Waals surface area (Å²) in [6.07, 6.45) is 0. The first-order chi connectivity index (χ1) is 34.7. The van der Waals surface area contributed by atoms with Crippen LogP contribution in [0.4, 0.5) is 0 Å². The second-order valence-electron chi connectivity index (χ2n) is 17.9. The Bertz CT molecular complexity index is 4600. The highest BCUT2D eigenvalue weighted by molar-refractivity contribution is 6.16. The monoisotopic (exact) mass is 896 g/mol. The summed E-state index contributed by atoms with van der Waals surface area (Å²) in [5.74, 6) is 1.66. The lowest BCUT2D eigenvalue weighted by Gasteiger charge is -2.10. The Morgan fingerprint density at radius 2 is 0.714 bits per heavy atom. The molecule has 7 heteroatoms. The van der Waals surface area contributed by atoms with Crippen molar-refractivity contribution in [2.24, 2.45) is 0 Å². The van der Waals surface area contributed by atoms with Gasteiger partial charge in [-0.05, 0) is 107 Å². The minimum absolute atomic E-state index is 0.544. The number of fused-ring (bicyclic) bond motifs is 12. The van der Waals surface area contributed by atoms with E-state index in [0.717, 1.165) is 116 Å². The molecule has 0 N–H and O–H groups in total. The molecule has 0 saturated heterocycles. The predicted octanol–water partition coefficient (Wildman–Crippen LogP) is 17.0. The molecule has 15 aromatic rings. The van der Waals surface area contributed by atoms with Crippen LogP contribution in [0.3, 0.4) is 0 Å². The van der Waals surface area contributed by atoms with Crippen LogP contribution >= 0.6 is 0 Å². The Kier molecular flexibility index (Phi) is 8.23. The second-order valence-corrected chi connectivity index (χ2v) is 17.9. The Morgan fingerprint density at radius 3 is 1.36 bits per heavy atom. The zero-order chi connectivity index (χ0) is 45.9. The molecule has 0 spiro atoms. The van der Waals surface area contributed by atoms with Gasteiger partial charge in [0.2, 0.25) is 0 Å². The molecule has 15 rings (SSSR count). The summed E-state index contributed by atoms with van der Waals surface area (Å²) >= 11 is 0. The van der Waals surface area contributed by atoms with E-state index in [4.69, 9.17) is 28.2 Å². The van der Waals surface area contributed by atoms with Gasteiger partial charge in [0, 0.05) is 65.5 Å². The molecule has 0 aliphatic carbocycles. The third-order valence-corrected chi connectivity index (χ3v) is 13.9. The smallest absolute Gasteiger partial charge is 0.164 e. The molecule has 0 fully saturated rings. The van der Waals surface area contributed by atoms with Gasteiger partial charge >= 0.3 is 0 Å². The Morgan fingerprint density at radius 1 is 0.271 bits per heavy atom. The van der Waals surface area contributed by atoms with E-state index in [0.29, 0.717) is 17.5 Å². The summed E-state index contributed by atoms with van der Waals surface area (Å²) in [6.45, 7) is 0. The molecular weight excluding hydrogens is 861 g/mol. The van der Waals surface area contributed by atoms with Gasteiger partial charge in [0.1, 0.15) is 33.5 Å². The third kappa shape index (κ3) is 5.91. The van der Waals surface area contributed by atoms with Crippen LogP contribution in [-0.2, 0) is 0 Å². The van der Waals surface area contributed by atoms with E-state index in [9.17, 15) is 0 Å². The van der Waals surface area contributed by atoms with Crippen molar-refractivity contribution in [3.05, 3.63) is 218 Å². The van der Waals surface area contributed by atoms with Crippen LogP contribution in [0.1, 0.15) is 0 Å². The van der Waals surface area contributed by atoms with Crippen LogP contribution in [0.25, 0.3) is 150 Å². The lowest BCUT2D eigenvalue weighted by Crippen LogP contribution is -2.00. The molecular formula is C63H36N4O3. The lowest BCUT2D eigenvalue weighted by atomic mass is 9.98. The number of nitrogens with zero attached hydrogens (tertiary/aromatic N) is 4. The summed E-state index contributed by atoms with van der Waals surface area (Å²) in [4.78, 5) is 15.8. The van der Waals surface area contributed by atoms with Crippen molar-refractivity contribution in [1.29, 1.82) is 0 Å². The van der Waals surface area contributed by atoms with Gasteiger partial charge < -0.3 is 17.8 Å². The van der Waals surface area contributed by atoms with E-state index in [1.165, 1.54) is 16.3 Å². The normalized spacial score (nSPS) is 12.0. The van der Waals surface area contributed by atoms with Crippen molar-refractivity contribution in [2.75, 3.05) is 0 Å². The van der Waals surface area contributed by atoms with Crippen molar-refractivity contribution < 1.29 is 13.3 Å². The van der Waals surface area contributed by atoms with Gasteiger partial charge in [-0.25, -0.2) is 15.0 Å². The number of hydrogen-bond acceptors (Lipinski definition) is 6. The second kappa shape index (κ2) is 15.0. The fraction of sp³-hybridized carbons (Fsp3) is 0. The molecule has 0 aliphatic rings. The molecule has 5 heterocycles. The molecule has 0 bridgehead atoms. The van der Waals surface area contributed by atoms with Crippen LogP contribution in [-0.4, -0.2) is 19.5 Å². The number of furan rings is 3. The quantitative estimate of drug-likeness (QED) is 0.165. The minimum atomic E-state index is 0.544. The van der Waals surface area contributed by atoms with Crippen LogP contribution in [0, 0.1) is 0 Å². The third-order valence-electron chi connectivity index (χ3n) is 13.9. The standard InChI is InChI=1S/C63H36N4O3/c1-3-13-37(14-4-1)61-64-62(66-63(65-61)46-20-12-24-58-60(46)50-36-41(28-32-56(50)70-58)39-26-30-54-48(34-39)44-18-8-10-22-53(44)68-54)45-19-11-23-57-59(45)49-35-40(27-31-55(49)69-57)38-25-29-52-47(33-38)43-17-7-9-21-51(43)67(52)42-15-5-2-6-16-42/h1-36H. The van der Waals surface area contributed by atoms with Crippen molar-refractivity contribution in [3.63, 3.8) is 0 Å². The Balaban J connectivity index is 0.898. The van der Waals surface area contributed by atoms with E-state index in [-0.39, 0.29) is 0 Å². The molecule has 0 atom stereocenters. The average molecular weight is 897 g/mol. The summed E-state index contributed by atoms with van der Waals surface area (Å²) in [5, 5.41) is 8.41. The number of rotatable bonds is 6. The fourth-order valence-corrected chi connectivity index (χ4v) is 10.6. The number of hydrogen-bond donors (Lipinski definition) is 0. The van der Waals surface area contributed by atoms with Crippen LogP contribution < -0.4 is 0 Å². The highest BCUT2D eigenvalue weighted by Crippen LogP contribution is 2.43. The predicted molar refractivity (Wildman–Crippen MR) is 283 cm³/mol. The van der Waals surface area contributed by atoms with Gasteiger partial charge in [0.15, 0.2) is 17.5 Å². The molecule has 0 amide bonds. The Hall–Kier alpha value is -9.59. The maximum absolute atomic E-state index is 6.61. The van der Waals surface area contributed by atoms with Gasteiger partial charge in [-0.1, -0.05) is 133 Å². The van der Waals surface area contributed by atoms with Gasteiger partial charge in [0.05, 0.1) is 11.0 Å². The van der Waals surface area contributed by atoms with E-state index >= 15 is 0 Å². The average Bonchev–Trinajstić information content (AvgIpc) is 4.19. The number of benzene rings is 10. The van der Waals surface area contributed by atoms with Crippen molar-refractivity contribution in [2.45, 2.75) is 0 Å². The molecule has 5 aromatic heterocycles. The van der Waals surface area contributed by atoms with Crippen molar-refractivity contribution in [3.8, 4) is 62.1 Å². The first-order valence-electron chi connectivity index (χ1n) is 23.4. The molecule has 0 radical (unpaired) electrons. The van der Waals surface area contributed by atoms with Crippen LogP contribution in [0.15, 0.2) is 232 Å². The van der Waals surface area contributed by atoms with Crippen LogP contribution in [0.5, 0.6) is 0 Å². The fourth-order valence-electron chi connectivity index (χ4n) is 10.6. The molecule has 10 aromatic carbocycles. The summed E-state index contributed by atoms with van der Waals surface area (Å²) < 4.78 is 21.7. The molecule has 0 saturated carbocycles. The lowest BCUT2D eigenvalue weighted by molar-refractivity contribution is 0.668. The van der Waals surface area contributed by atoms with Crippen LogP contribution in [0.2, 0.25) is 0 Å². The first-order valence-corrected chi connectivity index (χ1v) is 23.4. The topological polar surface area (TPSA) is 83.0 Å². The van der Waals surface area contributed by atoms with E-state index in [2.05, 4.69) is 150 Å². The van der Waals surface area contributed by atoms with Crippen molar-refractivity contribution >= 4 is 87.6 Å². The molecule has 7 nitrogen and oxygen atoms in total. The van der Waals surface area contributed by atoms with E-state index < -0.39 is 0 Å². The van der Waals surface area contributed by atoms with Crippen molar-refractivity contribution in [1.82, 2.24) is 19.5 Å². The van der Waals surface area contributed by atoms with Gasteiger partial charge in [-0.15, -0.1) is 0 Å². The molecule has 0 unspecified atom stereocenters. The van der Waals surface area contributed by atoms with E-state index in [1.54, 1.807) is 0 Å². The maximum atomic E-state index is 6.61. The largest absolute Gasteiger partial charge is 0.456 e. The molecule has 326 valence electrons. The zero-order valence-corrected chi connectivity index (χ0v) is 37.3. The van der Waals surface area contributed by atoms with Gasteiger partial charge in [-0.3, -0.25) is 0 Å². The van der Waals surface area contributed by atoms with Gasteiger partial charge in [-0.2, -0.15) is 0 Å². The number of para-hydroxylation sites is 3.